The van der Waals surface area contributed by atoms with Crippen LogP contribution in [0.15, 0.2) is 0 Å². The van der Waals surface area contributed by atoms with Gasteiger partial charge in [0.1, 0.15) is 0 Å². The van der Waals surface area contributed by atoms with Gasteiger partial charge in [-0.25, -0.2) is 0 Å². The van der Waals surface area contributed by atoms with E-state index in [9.17, 15) is 0 Å². The summed E-state index contributed by atoms with van der Waals surface area (Å²) >= 11 is 2.10. The molecule has 1 fully saturated rings. The SMILES string of the molecule is CSC1(CCCCC(C)(C)C)CC1. The van der Waals surface area contributed by atoms with Crippen molar-refractivity contribution in [3.05, 3.63) is 0 Å². The van der Waals surface area contributed by atoms with Gasteiger partial charge in [0.05, 0.1) is 0 Å². The van der Waals surface area contributed by atoms with Gasteiger partial charge in [-0.1, -0.05) is 33.6 Å². The lowest BCUT2D eigenvalue weighted by Crippen LogP contribution is -2.06. The van der Waals surface area contributed by atoms with E-state index in [0.717, 1.165) is 4.75 Å². The van der Waals surface area contributed by atoms with Gasteiger partial charge in [-0.05, 0) is 37.4 Å². The van der Waals surface area contributed by atoms with Crippen molar-refractivity contribution in [2.24, 2.45) is 5.41 Å². The zero-order chi connectivity index (χ0) is 9.95. The monoisotopic (exact) mass is 200 g/mol. The minimum atomic E-state index is 0.538. The predicted octanol–water partition coefficient (Wildman–Crippen LogP) is 4.49. The van der Waals surface area contributed by atoms with Crippen LogP contribution in [0.3, 0.4) is 0 Å². The molecule has 0 unspecified atom stereocenters. The molecule has 0 radical (unpaired) electrons. The summed E-state index contributed by atoms with van der Waals surface area (Å²) in [5, 5.41) is 0. The van der Waals surface area contributed by atoms with E-state index in [4.69, 9.17) is 0 Å². The molecule has 0 aliphatic heterocycles. The Labute approximate surface area is 87.9 Å². The molecule has 1 aliphatic carbocycles. The highest BCUT2D eigenvalue weighted by Gasteiger charge is 2.40. The summed E-state index contributed by atoms with van der Waals surface area (Å²) in [6.07, 6.45) is 10.9. The van der Waals surface area contributed by atoms with E-state index in [1.54, 1.807) is 0 Å². The van der Waals surface area contributed by atoms with Gasteiger partial charge < -0.3 is 0 Å². The third-order valence-electron chi connectivity index (χ3n) is 3.05. The maximum absolute atomic E-state index is 2.34. The quantitative estimate of drug-likeness (QED) is 0.589. The van der Waals surface area contributed by atoms with Crippen LogP contribution in [-0.2, 0) is 0 Å². The van der Waals surface area contributed by atoms with Crippen LogP contribution in [0, 0.1) is 5.41 Å². The second kappa shape index (κ2) is 4.25. The summed E-state index contributed by atoms with van der Waals surface area (Å²) in [6, 6.07) is 0. The molecule has 1 heteroatoms. The number of unbranched alkanes of at least 4 members (excludes halogenated alkanes) is 1. The molecule has 0 N–H and O–H groups in total. The van der Waals surface area contributed by atoms with Crippen molar-refractivity contribution in [3.63, 3.8) is 0 Å². The Morgan fingerprint density at radius 3 is 2.15 bits per heavy atom. The van der Waals surface area contributed by atoms with Gasteiger partial charge in [0.2, 0.25) is 0 Å². The summed E-state index contributed by atoms with van der Waals surface area (Å²) in [7, 11) is 0. The van der Waals surface area contributed by atoms with Gasteiger partial charge >= 0.3 is 0 Å². The van der Waals surface area contributed by atoms with Gasteiger partial charge in [-0.2, -0.15) is 11.8 Å². The average molecular weight is 200 g/mol. The first-order chi connectivity index (χ1) is 5.97. The minimum absolute atomic E-state index is 0.538. The smallest absolute Gasteiger partial charge is 0.0158 e. The molecule has 0 aromatic rings. The number of thioether (sulfide) groups is 1. The fourth-order valence-electron chi connectivity index (χ4n) is 1.80. The van der Waals surface area contributed by atoms with Crippen LogP contribution in [-0.4, -0.2) is 11.0 Å². The second-order valence-corrected chi connectivity index (χ2v) is 6.93. The Bertz CT molecular complexity index is 151. The standard InChI is InChI=1S/C12H24S/c1-11(2,3)7-5-6-8-12(13-4)9-10-12/h5-10H2,1-4H3. The normalized spacial score (nSPS) is 20.3. The summed E-state index contributed by atoms with van der Waals surface area (Å²) in [5.74, 6) is 0. The van der Waals surface area contributed by atoms with Gasteiger partial charge in [0.15, 0.2) is 0 Å². The molecule has 1 rings (SSSR count). The van der Waals surface area contributed by atoms with Crippen LogP contribution < -0.4 is 0 Å². The van der Waals surface area contributed by atoms with E-state index < -0.39 is 0 Å². The maximum atomic E-state index is 2.34. The maximum Gasteiger partial charge on any atom is 0.0158 e. The molecule has 1 aliphatic rings. The molecular formula is C12H24S. The molecule has 78 valence electrons. The fourth-order valence-corrected chi connectivity index (χ4v) is 2.66. The number of hydrogen-bond donors (Lipinski definition) is 0. The highest BCUT2D eigenvalue weighted by molar-refractivity contribution is 8.00. The third-order valence-corrected chi connectivity index (χ3v) is 4.53. The zero-order valence-electron chi connectivity index (χ0n) is 9.65. The first-order valence-electron chi connectivity index (χ1n) is 5.53. The molecule has 0 amide bonds. The predicted molar refractivity (Wildman–Crippen MR) is 63.4 cm³/mol. The van der Waals surface area contributed by atoms with E-state index in [1.807, 2.05) is 0 Å². The Balaban J connectivity index is 2.02. The van der Waals surface area contributed by atoms with Crippen LogP contribution in [0.25, 0.3) is 0 Å². The van der Waals surface area contributed by atoms with Crippen LogP contribution in [0.1, 0.15) is 59.3 Å². The number of rotatable bonds is 5. The zero-order valence-corrected chi connectivity index (χ0v) is 10.5. The van der Waals surface area contributed by atoms with Crippen molar-refractivity contribution in [2.45, 2.75) is 64.0 Å². The first kappa shape index (κ1) is 11.4. The summed E-state index contributed by atoms with van der Waals surface area (Å²) in [5.41, 5.74) is 0.538. The van der Waals surface area contributed by atoms with Crippen molar-refractivity contribution >= 4 is 11.8 Å². The van der Waals surface area contributed by atoms with E-state index in [-0.39, 0.29) is 0 Å². The molecule has 0 spiro atoms. The van der Waals surface area contributed by atoms with Gasteiger partial charge in [-0.3, -0.25) is 0 Å². The van der Waals surface area contributed by atoms with Crippen molar-refractivity contribution < 1.29 is 0 Å². The Kier molecular flexibility index (Phi) is 3.73. The van der Waals surface area contributed by atoms with Crippen molar-refractivity contribution in [3.8, 4) is 0 Å². The lowest BCUT2D eigenvalue weighted by Gasteiger charge is -2.18. The van der Waals surface area contributed by atoms with Crippen molar-refractivity contribution in [1.82, 2.24) is 0 Å². The molecular weight excluding hydrogens is 176 g/mol. The van der Waals surface area contributed by atoms with Gasteiger partial charge in [0.25, 0.3) is 0 Å². The van der Waals surface area contributed by atoms with Gasteiger partial charge in [0, 0.05) is 4.75 Å². The topological polar surface area (TPSA) is 0 Å². The van der Waals surface area contributed by atoms with Crippen LogP contribution in [0.4, 0.5) is 0 Å². The molecule has 0 aromatic carbocycles. The van der Waals surface area contributed by atoms with Gasteiger partial charge in [-0.15, -0.1) is 0 Å². The molecule has 0 heterocycles. The highest BCUT2D eigenvalue weighted by atomic mass is 32.2. The summed E-state index contributed by atoms with van der Waals surface area (Å²) in [6.45, 7) is 7.03. The molecule has 0 bridgehead atoms. The lowest BCUT2D eigenvalue weighted by atomic mass is 9.89. The van der Waals surface area contributed by atoms with Crippen molar-refractivity contribution in [1.29, 1.82) is 0 Å². The van der Waals surface area contributed by atoms with E-state index in [1.165, 1.54) is 38.5 Å². The largest absolute Gasteiger partial charge is 0.159 e. The Morgan fingerprint density at radius 1 is 1.15 bits per heavy atom. The molecule has 0 nitrogen and oxygen atoms in total. The summed E-state index contributed by atoms with van der Waals surface area (Å²) in [4.78, 5) is 0. The lowest BCUT2D eigenvalue weighted by molar-refractivity contribution is 0.357. The molecule has 13 heavy (non-hydrogen) atoms. The highest BCUT2D eigenvalue weighted by Crippen LogP contribution is 2.51. The molecule has 0 saturated heterocycles. The minimum Gasteiger partial charge on any atom is -0.159 e. The average Bonchev–Trinajstić information content (AvgIpc) is 2.78. The fraction of sp³-hybridized carbons (Fsp3) is 1.00. The van der Waals surface area contributed by atoms with E-state index >= 15 is 0 Å². The van der Waals surface area contributed by atoms with Crippen LogP contribution in [0.5, 0.6) is 0 Å². The second-order valence-electron chi connectivity index (χ2n) is 5.65. The van der Waals surface area contributed by atoms with E-state index in [2.05, 4.69) is 38.8 Å². The molecule has 0 aromatic heterocycles. The van der Waals surface area contributed by atoms with Crippen LogP contribution >= 0.6 is 11.8 Å². The summed E-state index contributed by atoms with van der Waals surface area (Å²) < 4.78 is 0.734. The molecule has 1 saturated carbocycles. The number of hydrogen-bond acceptors (Lipinski definition) is 1. The van der Waals surface area contributed by atoms with Crippen LogP contribution in [0.2, 0.25) is 0 Å². The Hall–Kier alpha value is 0.350. The van der Waals surface area contributed by atoms with E-state index in [0.29, 0.717) is 5.41 Å². The molecule has 0 atom stereocenters. The third kappa shape index (κ3) is 4.39. The van der Waals surface area contributed by atoms with Crippen molar-refractivity contribution in [2.75, 3.05) is 6.26 Å². The first-order valence-corrected chi connectivity index (χ1v) is 6.75. The Morgan fingerprint density at radius 2 is 1.77 bits per heavy atom.